The number of pyridine rings is 1. The molecule has 1 aromatic heterocycles. The molecule has 0 aliphatic heterocycles. The van der Waals surface area contributed by atoms with Crippen molar-refractivity contribution in [1.82, 2.24) is 4.98 Å². The molecule has 0 radical (unpaired) electrons. The van der Waals surface area contributed by atoms with Crippen LogP contribution in [0.25, 0.3) is 0 Å². The van der Waals surface area contributed by atoms with Gasteiger partial charge in [-0.1, -0.05) is 0 Å². The van der Waals surface area contributed by atoms with Gasteiger partial charge >= 0.3 is 0 Å². The highest BCUT2D eigenvalue weighted by Crippen LogP contribution is 2.24. The van der Waals surface area contributed by atoms with Crippen LogP contribution in [0.4, 0.5) is 17.6 Å². The van der Waals surface area contributed by atoms with Crippen molar-refractivity contribution in [2.45, 2.75) is 13.0 Å². The minimum absolute atomic E-state index is 0.411. The topological polar surface area (TPSA) is 33.1 Å². The first kappa shape index (κ1) is 9.91. The Kier molecular flexibility index (Phi) is 2.82. The average molecular weight is 195 g/mol. The highest BCUT2D eigenvalue weighted by atomic mass is 19.3. The Labute approximate surface area is 70.8 Å². The summed E-state index contributed by atoms with van der Waals surface area (Å²) in [7, 11) is 0. The summed E-state index contributed by atoms with van der Waals surface area (Å²) in [6.45, 7) is -0.995. The SMILES string of the molecule is OCc1c(F)ncc(C(F)F)c1F. The van der Waals surface area contributed by atoms with Crippen LogP contribution in [0, 0.1) is 11.8 Å². The number of halogens is 4. The van der Waals surface area contributed by atoms with Gasteiger partial charge in [0.15, 0.2) is 0 Å². The van der Waals surface area contributed by atoms with Crippen LogP contribution < -0.4 is 0 Å². The predicted octanol–water partition coefficient (Wildman–Crippen LogP) is 1.79. The molecule has 0 aliphatic carbocycles. The molecule has 1 N–H and O–H groups in total. The quantitative estimate of drug-likeness (QED) is 0.576. The molecule has 13 heavy (non-hydrogen) atoms. The Morgan fingerprint density at radius 1 is 1.38 bits per heavy atom. The predicted molar refractivity (Wildman–Crippen MR) is 35.0 cm³/mol. The summed E-state index contributed by atoms with van der Waals surface area (Å²) in [4.78, 5) is 2.89. The molecule has 1 aromatic rings. The zero-order valence-electron chi connectivity index (χ0n) is 6.27. The van der Waals surface area contributed by atoms with E-state index >= 15 is 0 Å². The van der Waals surface area contributed by atoms with Gasteiger partial charge in [0.1, 0.15) is 5.82 Å². The molecule has 0 aliphatic rings. The number of rotatable bonds is 2. The second kappa shape index (κ2) is 3.69. The molecule has 0 amide bonds. The van der Waals surface area contributed by atoms with Crippen LogP contribution in [0.3, 0.4) is 0 Å². The van der Waals surface area contributed by atoms with Crippen molar-refractivity contribution in [3.63, 3.8) is 0 Å². The number of hydrogen-bond donors (Lipinski definition) is 1. The van der Waals surface area contributed by atoms with Crippen molar-refractivity contribution in [2.75, 3.05) is 0 Å². The van der Waals surface area contributed by atoms with Crippen LogP contribution in [-0.4, -0.2) is 10.1 Å². The van der Waals surface area contributed by atoms with Crippen molar-refractivity contribution in [3.8, 4) is 0 Å². The Morgan fingerprint density at radius 3 is 2.46 bits per heavy atom. The number of aromatic nitrogens is 1. The van der Waals surface area contributed by atoms with E-state index in [1.54, 1.807) is 0 Å². The fourth-order valence-corrected chi connectivity index (χ4v) is 0.812. The summed E-state index contributed by atoms with van der Waals surface area (Å²) >= 11 is 0. The lowest BCUT2D eigenvalue weighted by atomic mass is 10.2. The van der Waals surface area contributed by atoms with Crippen molar-refractivity contribution in [1.29, 1.82) is 0 Å². The summed E-state index contributed by atoms with van der Waals surface area (Å²) in [6.07, 6.45) is -2.66. The molecule has 0 atom stereocenters. The van der Waals surface area contributed by atoms with E-state index in [-0.39, 0.29) is 0 Å². The van der Waals surface area contributed by atoms with Crippen molar-refractivity contribution < 1.29 is 22.7 Å². The summed E-state index contributed by atoms with van der Waals surface area (Å²) in [5.74, 6) is -2.71. The number of aliphatic hydroxyl groups excluding tert-OH is 1. The maximum Gasteiger partial charge on any atom is 0.268 e. The number of aliphatic hydroxyl groups is 1. The molecule has 0 saturated carbocycles. The summed E-state index contributed by atoms with van der Waals surface area (Å²) in [5, 5.41) is 8.44. The van der Waals surface area contributed by atoms with Crippen molar-refractivity contribution in [3.05, 3.63) is 29.1 Å². The third-order valence-electron chi connectivity index (χ3n) is 1.48. The van der Waals surface area contributed by atoms with Gasteiger partial charge in [-0.3, -0.25) is 0 Å². The Bertz CT molecular complexity index is 316. The highest BCUT2D eigenvalue weighted by molar-refractivity contribution is 5.22. The van der Waals surface area contributed by atoms with E-state index in [1.165, 1.54) is 0 Å². The highest BCUT2D eigenvalue weighted by Gasteiger charge is 2.19. The summed E-state index contributed by atoms with van der Waals surface area (Å²) < 4.78 is 49.4. The van der Waals surface area contributed by atoms with Gasteiger partial charge in [-0.25, -0.2) is 18.2 Å². The first-order valence-electron chi connectivity index (χ1n) is 3.29. The lowest BCUT2D eigenvalue weighted by Crippen LogP contribution is -2.03. The fraction of sp³-hybridized carbons (Fsp3) is 0.286. The van der Waals surface area contributed by atoms with Crippen LogP contribution in [0.5, 0.6) is 0 Å². The van der Waals surface area contributed by atoms with Gasteiger partial charge in [-0.2, -0.15) is 4.39 Å². The lowest BCUT2D eigenvalue weighted by Gasteiger charge is -2.05. The summed E-state index contributed by atoms with van der Waals surface area (Å²) in [6, 6.07) is 0. The van der Waals surface area contributed by atoms with E-state index in [0.717, 1.165) is 0 Å². The van der Waals surface area contributed by atoms with Crippen LogP contribution >= 0.6 is 0 Å². The van der Waals surface area contributed by atoms with E-state index in [0.29, 0.717) is 6.20 Å². The molecule has 1 rings (SSSR count). The number of hydrogen-bond acceptors (Lipinski definition) is 2. The molecule has 6 heteroatoms. The van der Waals surface area contributed by atoms with Gasteiger partial charge in [0.2, 0.25) is 5.95 Å². The first-order valence-corrected chi connectivity index (χ1v) is 3.29. The van der Waals surface area contributed by atoms with Gasteiger partial charge < -0.3 is 5.11 Å². The molecule has 0 aromatic carbocycles. The maximum atomic E-state index is 12.9. The molecule has 0 unspecified atom stereocenters. The largest absolute Gasteiger partial charge is 0.391 e. The van der Waals surface area contributed by atoms with Crippen LogP contribution in [0.2, 0.25) is 0 Å². The lowest BCUT2D eigenvalue weighted by molar-refractivity contribution is 0.144. The minimum atomic E-state index is -3.07. The fourth-order valence-electron chi connectivity index (χ4n) is 0.812. The molecule has 1 heterocycles. The third kappa shape index (κ3) is 1.77. The zero-order valence-corrected chi connectivity index (χ0v) is 6.27. The van der Waals surface area contributed by atoms with Crippen LogP contribution in [0.15, 0.2) is 6.20 Å². The van der Waals surface area contributed by atoms with Crippen LogP contribution in [0.1, 0.15) is 17.6 Å². The average Bonchev–Trinajstić information content (AvgIpc) is 2.04. The van der Waals surface area contributed by atoms with E-state index < -0.39 is 35.9 Å². The minimum Gasteiger partial charge on any atom is -0.391 e. The molecule has 0 bridgehead atoms. The Balaban J connectivity index is 3.27. The van der Waals surface area contributed by atoms with Gasteiger partial charge in [0.25, 0.3) is 6.43 Å². The molecule has 2 nitrogen and oxygen atoms in total. The number of nitrogens with zero attached hydrogens (tertiary/aromatic N) is 1. The Morgan fingerprint density at radius 2 is 2.00 bits per heavy atom. The molecule has 0 fully saturated rings. The van der Waals surface area contributed by atoms with Gasteiger partial charge in [-0.15, -0.1) is 0 Å². The Hall–Kier alpha value is -1.17. The number of alkyl halides is 2. The van der Waals surface area contributed by atoms with E-state index in [4.69, 9.17) is 5.11 Å². The van der Waals surface area contributed by atoms with Crippen molar-refractivity contribution >= 4 is 0 Å². The third-order valence-corrected chi connectivity index (χ3v) is 1.48. The van der Waals surface area contributed by atoms with E-state index in [2.05, 4.69) is 4.98 Å². The zero-order chi connectivity index (χ0) is 10.0. The van der Waals surface area contributed by atoms with E-state index in [9.17, 15) is 17.6 Å². The molecule has 0 spiro atoms. The smallest absolute Gasteiger partial charge is 0.268 e. The molecular formula is C7H5F4NO. The maximum absolute atomic E-state index is 12.9. The standard InChI is InChI=1S/C7H5F4NO/c8-5-3(6(9)10)1-12-7(11)4(5)2-13/h1,6,13H,2H2. The monoisotopic (exact) mass is 195 g/mol. The normalized spacial score (nSPS) is 10.9. The first-order chi connectivity index (χ1) is 6.07. The van der Waals surface area contributed by atoms with Crippen molar-refractivity contribution in [2.24, 2.45) is 0 Å². The molecular weight excluding hydrogens is 190 g/mol. The summed E-state index contributed by atoms with van der Waals surface area (Å²) in [5.41, 5.74) is -1.84. The molecule has 0 saturated heterocycles. The van der Waals surface area contributed by atoms with Crippen LogP contribution in [-0.2, 0) is 6.61 Å². The van der Waals surface area contributed by atoms with Gasteiger partial charge in [0, 0.05) is 6.20 Å². The second-order valence-corrected chi connectivity index (χ2v) is 2.26. The van der Waals surface area contributed by atoms with Gasteiger partial charge in [-0.05, 0) is 0 Å². The molecule has 72 valence electrons. The van der Waals surface area contributed by atoms with Gasteiger partial charge in [0.05, 0.1) is 17.7 Å². The van der Waals surface area contributed by atoms with E-state index in [1.807, 2.05) is 0 Å². The second-order valence-electron chi connectivity index (χ2n) is 2.26.